The topological polar surface area (TPSA) is 0 Å². The third-order valence-electron chi connectivity index (χ3n) is 8.12. The van der Waals surface area contributed by atoms with Crippen LogP contribution in [0.3, 0.4) is 0 Å². The SMILES string of the molecule is CC(C)(C)c1cc(CCCc2cc(C(C)(C)C)c(C(C)(C)C)c(C(C)(C)C)c2)c(C(C)(C)C)c(C(C)(C)C)c1. The average Bonchev–Trinajstić information content (AvgIpc) is 2.68. The fourth-order valence-corrected chi connectivity index (χ4v) is 6.13. The van der Waals surface area contributed by atoms with Gasteiger partial charge in [-0.05, 0) is 96.3 Å². The van der Waals surface area contributed by atoms with Crippen LogP contribution in [0.5, 0.6) is 0 Å². The number of benzene rings is 2. The van der Waals surface area contributed by atoms with Crippen molar-refractivity contribution in [2.75, 3.05) is 0 Å². The van der Waals surface area contributed by atoms with Gasteiger partial charge in [-0.15, -0.1) is 0 Å². The molecule has 0 N–H and O–H groups in total. The Morgan fingerprint density at radius 3 is 1.10 bits per heavy atom. The van der Waals surface area contributed by atoms with E-state index >= 15 is 0 Å². The quantitative estimate of drug-likeness (QED) is 0.367. The van der Waals surface area contributed by atoms with Gasteiger partial charge in [0.15, 0.2) is 0 Å². The third kappa shape index (κ3) is 8.24. The summed E-state index contributed by atoms with van der Waals surface area (Å²) in [6, 6.07) is 10.2. The van der Waals surface area contributed by atoms with Gasteiger partial charge in [-0.3, -0.25) is 0 Å². The van der Waals surface area contributed by atoms with Gasteiger partial charge >= 0.3 is 0 Å². The Morgan fingerprint density at radius 2 is 0.769 bits per heavy atom. The second-order valence-corrected chi connectivity index (χ2v) is 18.5. The first-order valence-corrected chi connectivity index (χ1v) is 15.5. The highest BCUT2D eigenvalue weighted by Gasteiger charge is 2.33. The lowest BCUT2D eigenvalue weighted by Gasteiger charge is -2.37. The van der Waals surface area contributed by atoms with Crippen LogP contribution in [0.2, 0.25) is 0 Å². The van der Waals surface area contributed by atoms with E-state index in [2.05, 4.69) is 149 Å². The lowest BCUT2D eigenvalue weighted by molar-refractivity contribution is 0.496. The van der Waals surface area contributed by atoms with Gasteiger partial charge in [-0.2, -0.15) is 0 Å². The van der Waals surface area contributed by atoms with Crippen LogP contribution < -0.4 is 0 Å². The molecule has 2 aromatic carbocycles. The maximum atomic E-state index is 2.55. The van der Waals surface area contributed by atoms with Gasteiger partial charge in [0.25, 0.3) is 0 Å². The molecule has 0 aromatic heterocycles. The van der Waals surface area contributed by atoms with E-state index < -0.39 is 0 Å². The molecule has 0 heterocycles. The van der Waals surface area contributed by atoms with Crippen LogP contribution in [-0.2, 0) is 45.3 Å². The minimum Gasteiger partial charge on any atom is -0.0561 e. The summed E-state index contributed by atoms with van der Waals surface area (Å²) >= 11 is 0. The highest BCUT2D eigenvalue weighted by atomic mass is 14.4. The smallest absolute Gasteiger partial charge is 0.0126 e. The average molecular weight is 533 g/mol. The molecule has 0 atom stereocenters. The molecule has 0 spiro atoms. The zero-order valence-electron chi connectivity index (χ0n) is 29.4. The largest absolute Gasteiger partial charge is 0.0561 e. The van der Waals surface area contributed by atoms with Crippen LogP contribution in [0.25, 0.3) is 0 Å². The van der Waals surface area contributed by atoms with E-state index in [1.165, 1.54) is 34.2 Å². The molecule has 0 fully saturated rings. The van der Waals surface area contributed by atoms with Crippen LogP contribution in [0, 0.1) is 0 Å². The maximum Gasteiger partial charge on any atom is -0.0126 e. The van der Waals surface area contributed by atoms with E-state index in [9.17, 15) is 0 Å². The van der Waals surface area contributed by atoms with Gasteiger partial charge in [0.2, 0.25) is 0 Å². The van der Waals surface area contributed by atoms with Gasteiger partial charge in [0, 0.05) is 0 Å². The Hall–Kier alpha value is -1.56. The summed E-state index contributed by atoms with van der Waals surface area (Å²) in [4.78, 5) is 0. The van der Waals surface area contributed by atoms with Crippen molar-refractivity contribution >= 4 is 0 Å². The molecule has 0 aliphatic carbocycles. The van der Waals surface area contributed by atoms with Crippen molar-refractivity contribution in [1.29, 1.82) is 0 Å². The van der Waals surface area contributed by atoms with E-state index in [1.54, 1.807) is 16.7 Å². The van der Waals surface area contributed by atoms with Gasteiger partial charge in [0.1, 0.15) is 0 Å². The fourth-order valence-electron chi connectivity index (χ4n) is 6.13. The Kier molecular flexibility index (Phi) is 9.22. The van der Waals surface area contributed by atoms with Gasteiger partial charge in [0.05, 0.1) is 0 Å². The summed E-state index contributed by atoms with van der Waals surface area (Å²) in [5.74, 6) is 0. The zero-order chi connectivity index (χ0) is 30.6. The summed E-state index contributed by atoms with van der Waals surface area (Å²) in [5.41, 5.74) is 12.9. The van der Waals surface area contributed by atoms with Crippen molar-refractivity contribution in [3.05, 3.63) is 68.8 Å². The monoisotopic (exact) mass is 533 g/mol. The first-order valence-electron chi connectivity index (χ1n) is 15.5. The van der Waals surface area contributed by atoms with Crippen molar-refractivity contribution in [1.82, 2.24) is 0 Å². The molecule has 220 valence electrons. The predicted molar refractivity (Wildman–Crippen MR) is 177 cm³/mol. The summed E-state index contributed by atoms with van der Waals surface area (Å²) in [7, 11) is 0. The van der Waals surface area contributed by atoms with Crippen molar-refractivity contribution < 1.29 is 0 Å². The first-order chi connectivity index (χ1) is 17.1. The minimum absolute atomic E-state index is 0.112. The standard InChI is InChI=1S/C39H64/c1-34(2,3)28-24-27(32(38(13,14)15)31(25-28)37(10,11)12)21-19-20-26-22-29(35(4,5)6)33(39(16,17)18)30(23-26)36(7,8)9/h22-25H,19-21H2,1-18H3. The second-order valence-electron chi connectivity index (χ2n) is 18.5. The van der Waals surface area contributed by atoms with E-state index in [-0.39, 0.29) is 32.5 Å². The highest BCUT2D eigenvalue weighted by Crippen LogP contribution is 2.43. The lowest BCUT2D eigenvalue weighted by atomic mass is 9.68. The van der Waals surface area contributed by atoms with Crippen molar-refractivity contribution in [3.63, 3.8) is 0 Å². The molecular formula is C39H64. The predicted octanol–water partition coefficient (Wildman–Crippen LogP) is 11.6. The second kappa shape index (κ2) is 10.7. The number of rotatable bonds is 4. The van der Waals surface area contributed by atoms with Gasteiger partial charge in [-0.1, -0.05) is 149 Å². The highest BCUT2D eigenvalue weighted by molar-refractivity contribution is 5.50. The van der Waals surface area contributed by atoms with Crippen LogP contribution in [0.15, 0.2) is 24.3 Å². The molecule has 0 heteroatoms. The Balaban J connectivity index is 2.65. The van der Waals surface area contributed by atoms with Crippen LogP contribution in [0.1, 0.15) is 176 Å². The molecule has 0 saturated heterocycles. The van der Waals surface area contributed by atoms with Crippen molar-refractivity contribution in [2.45, 2.75) is 176 Å². The molecule has 0 aliphatic heterocycles. The molecule has 0 bridgehead atoms. The van der Waals surface area contributed by atoms with Gasteiger partial charge < -0.3 is 0 Å². The number of hydrogen-bond acceptors (Lipinski definition) is 0. The molecule has 0 aliphatic rings. The van der Waals surface area contributed by atoms with E-state index in [0.717, 1.165) is 12.8 Å². The summed E-state index contributed by atoms with van der Waals surface area (Å²) in [6.07, 6.45) is 3.41. The molecule has 0 saturated carbocycles. The Labute approximate surface area is 244 Å². The van der Waals surface area contributed by atoms with Crippen LogP contribution in [0.4, 0.5) is 0 Å². The molecular weight excluding hydrogens is 468 g/mol. The van der Waals surface area contributed by atoms with E-state index in [4.69, 9.17) is 0 Å². The molecule has 0 nitrogen and oxygen atoms in total. The third-order valence-corrected chi connectivity index (χ3v) is 8.12. The summed E-state index contributed by atoms with van der Waals surface area (Å²) < 4.78 is 0. The Bertz CT molecular complexity index is 1110. The van der Waals surface area contributed by atoms with Crippen molar-refractivity contribution in [3.8, 4) is 0 Å². The molecule has 0 radical (unpaired) electrons. The molecule has 0 unspecified atom stereocenters. The molecule has 0 amide bonds. The van der Waals surface area contributed by atoms with Gasteiger partial charge in [-0.25, -0.2) is 0 Å². The molecule has 39 heavy (non-hydrogen) atoms. The van der Waals surface area contributed by atoms with E-state index in [0.29, 0.717) is 0 Å². The van der Waals surface area contributed by atoms with Crippen LogP contribution >= 0.6 is 0 Å². The number of hydrogen-bond donors (Lipinski definition) is 0. The fraction of sp³-hybridized carbons (Fsp3) is 0.692. The van der Waals surface area contributed by atoms with E-state index in [1.807, 2.05) is 0 Å². The molecule has 2 aromatic rings. The zero-order valence-corrected chi connectivity index (χ0v) is 29.4. The summed E-state index contributed by atoms with van der Waals surface area (Å²) in [6.45, 7) is 42.9. The Morgan fingerprint density at radius 1 is 0.385 bits per heavy atom. The van der Waals surface area contributed by atoms with Crippen LogP contribution in [-0.4, -0.2) is 0 Å². The first kappa shape index (κ1) is 33.6. The normalized spacial score (nSPS) is 14.2. The number of aryl methyl sites for hydroxylation is 2. The minimum atomic E-state index is 0.112. The summed E-state index contributed by atoms with van der Waals surface area (Å²) in [5, 5.41) is 0. The lowest BCUT2D eigenvalue weighted by Crippen LogP contribution is -2.28. The molecule has 2 rings (SSSR count). The van der Waals surface area contributed by atoms with Crippen molar-refractivity contribution in [2.24, 2.45) is 0 Å². The maximum absolute atomic E-state index is 2.55.